The highest BCUT2D eigenvalue weighted by molar-refractivity contribution is 9.10. The summed E-state index contributed by atoms with van der Waals surface area (Å²) in [7, 11) is 0. The van der Waals surface area contributed by atoms with Gasteiger partial charge in [-0.05, 0) is 40.9 Å². The van der Waals surface area contributed by atoms with Crippen molar-refractivity contribution in [1.29, 1.82) is 0 Å². The lowest BCUT2D eigenvalue weighted by atomic mass is 10.3. The molecule has 3 aromatic heterocycles. The van der Waals surface area contributed by atoms with E-state index in [4.69, 9.17) is 0 Å². The summed E-state index contributed by atoms with van der Waals surface area (Å²) >= 11 is 4.87. The number of nitrogens with zero attached hydrogens (tertiary/aromatic N) is 6. The molecular formula is C18H16BrN7O2S. The van der Waals surface area contributed by atoms with Gasteiger partial charge in [0.15, 0.2) is 16.4 Å². The normalized spacial score (nSPS) is 14.2. The van der Waals surface area contributed by atoms with Crippen molar-refractivity contribution in [3.8, 4) is 0 Å². The second-order valence-electron chi connectivity index (χ2n) is 6.75. The Bertz CT molecular complexity index is 1290. The molecule has 29 heavy (non-hydrogen) atoms. The fourth-order valence-corrected chi connectivity index (χ4v) is 4.79. The van der Waals surface area contributed by atoms with Crippen LogP contribution in [0.2, 0.25) is 0 Å². The maximum atomic E-state index is 12.7. The molecule has 4 heterocycles. The molecule has 0 saturated carbocycles. The molecule has 1 aliphatic heterocycles. The van der Waals surface area contributed by atoms with E-state index in [2.05, 4.69) is 41.2 Å². The molecule has 1 N–H and O–H groups in total. The average Bonchev–Trinajstić information content (AvgIpc) is 3.43. The van der Waals surface area contributed by atoms with Crippen LogP contribution in [-0.4, -0.2) is 43.1 Å². The summed E-state index contributed by atoms with van der Waals surface area (Å²) < 4.78 is 4.02. The zero-order valence-corrected chi connectivity index (χ0v) is 17.6. The molecule has 1 aromatic carbocycles. The number of thiazole rings is 1. The number of hydrogen-bond donors (Lipinski definition) is 1. The summed E-state index contributed by atoms with van der Waals surface area (Å²) in [6, 6.07) is 7.29. The molecular weight excluding hydrogens is 458 g/mol. The van der Waals surface area contributed by atoms with E-state index in [0.29, 0.717) is 17.0 Å². The number of rotatable bonds is 4. The third kappa shape index (κ3) is 3.29. The fraction of sp³-hybridized carbons (Fsp3) is 0.278. The number of amides is 1. The molecule has 148 valence electrons. The van der Waals surface area contributed by atoms with Gasteiger partial charge in [-0.1, -0.05) is 23.5 Å². The first-order valence-corrected chi connectivity index (χ1v) is 10.7. The summed E-state index contributed by atoms with van der Waals surface area (Å²) in [5.41, 5.74) is 1.26. The molecule has 0 atom stereocenters. The smallest absolute Gasteiger partial charge is 0.348 e. The topological polar surface area (TPSA) is 97.4 Å². The number of hydrogen-bond acceptors (Lipinski definition) is 7. The van der Waals surface area contributed by atoms with Crippen LogP contribution in [0.25, 0.3) is 16.0 Å². The van der Waals surface area contributed by atoms with E-state index in [9.17, 15) is 9.59 Å². The van der Waals surface area contributed by atoms with Crippen LogP contribution < -0.4 is 15.9 Å². The van der Waals surface area contributed by atoms with Crippen molar-refractivity contribution in [1.82, 2.24) is 24.1 Å². The molecule has 4 aromatic rings. The standard InChI is InChI=1S/C18H16BrN7O2S/c19-11-5-1-2-6-12(11)21-13(27)9-26-18(28)25-10-20-15-14(16(25)23-26)29-17(22-15)24-7-3-4-8-24/h1-2,5-6,10H,3-4,7-9H2,(H,21,27). The molecule has 0 unspecified atom stereocenters. The van der Waals surface area contributed by atoms with Gasteiger partial charge in [-0.25, -0.2) is 18.9 Å². The van der Waals surface area contributed by atoms with Crippen molar-refractivity contribution >= 4 is 60.0 Å². The third-order valence-corrected chi connectivity index (χ3v) is 6.58. The number of benzene rings is 1. The monoisotopic (exact) mass is 473 g/mol. The Labute approximate surface area is 177 Å². The molecule has 0 radical (unpaired) electrons. The second-order valence-corrected chi connectivity index (χ2v) is 8.58. The van der Waals surface area contributed by atoms with E-state index < -0.39 is 5.69 Å². The average molecular weight is 474 g/mol. The van der Waals surface area contributed by atoms with Gasteiger partial charge in [0.25, 0.3) is 0 Å². The lowest BCUT2D eigenvalue weighted by Crippen LogP contribution is -2.28. The number of nitrogens with one attached hydrogen (secondary N) is 1. The van der Waals surface area contributed by atoms with E-state index in [1.165, 1.54) is 22.1 Å². The Hall–Kier alpha value is -2.79. The Morgan fingerprint density at radius 2 is 2.03 bits per heavy atom. The minimum atomic E-state index is -0.409. The van der Waals surface area contributed by atoms with Gasteiger partial charge < -0.3 is 10.2 Å². The summed E-state index contributed by atoms with van der Waals surface area (Å²) in [6.07, 6.45) is 3.72. The fourth-order valence-electron chi connectivity index (χ4n) is 3.36. The number of aromatic nitrogens is 5. The van der Waals surface area contributed by atoms with Crippen LogP contribution >= 0.6 is 27.3 Å². The highest BCUT2D eigenvalue weighted by Crippen LogP contribution is 2.31. The molecule has 9 nitrogen and oxygen atoms in total. The van der Waals surface area contributed by atoms with Gasteiger partial charge in [-0.3, -0.25) is 4.79 Å². The maximum Gasteiger partial charge on any atom is 0.352 e. The van der Waals surface area contributed by atoms with Crippen LogP contribution in [0.15, 0.2) is 39.9 Å². The number of fused-ring (bicyclic) bond motifs is 3. The van der Waals surface area contributed by atoms with Crippen LogP contribution in [0.3, 0.4) is 0 Å². The van der Waals surface area contributed by atoms with Crippen LogP contribution in [-0.2, 0) is 11.3 Å². The minimum Gasteiger partial charge on any atom is -0.348 e. The largest absolute Gasteiger partial charge is 0.352 e. The highest BCUT2D eigenvalue weighted by atomic mass is 79.9. The minimum absolute atomic E-state index is 0.193. The summed E-state index contributed by atoms with van der Waals surface area (Å²) in [6.45, 7) is 1.76. The van der Waals surface area contributed by atoms with Gasteiger partial charge in [0.1, 0.15) is 17.6 Å². The van der Waals surface area contributed by atoms with Gasteiger partial charge >= 0.3 is 5.69 Å². The van der Waals surface area contributed by atoms with Crippen molar-refractivity contribution < 1.29 is 4.79 Å². The molecule has 1 fully saturated rings. The molecule has 0 spiro atoms. The number of halogens is 1. The van der Waals surface area contributed by atoms with E-state index in [1.54, 1.807) is 6.07 Å². The van der Waals surface area contributed by atoms with E-state index in [1.807, 2.05) is 18.2 Å². The van der Waals surface area contributed by atoms with E-state index in [0.717, 1.165) is 44.9 Å². The molecule has 1 saturated heterocycles. The van der Waals surface area contributed by atoms with Gasteiger partial charge in [0, 0.05) is 17.6 Å². The summed E-state index contributed by atoms with van der Waals surface area (Å²) in [5, 5.41) is 8.07. The first kappa shape index (κ1) is 18.3. The number of carbonyl (C=O) groups is 1. The molecule has 5 rings (SSSR count). The van der Waals surface area contributed by atoms with Crippen LogP contribution in [0, 0.1) is 0 Å². The Kier molecular flexibility index (Phi) is 4.55. The van der Waals surface area contributed by atoms with E-state index in [-0.39, 0.29) is 12.5 Å². The predicted octanol–water partition coefficient (Wildman–Crippen LogP) is 2.50. The predicted molar refractivity (Wildman–Crippen MR) is 115 cm³/mol. The molecule has 1 aliphatic rings. The van der Waals surface area contributed by atoms with Crippen molar-refractivity contribution in [2.24, 2.45) is 0 Å². The molecule has 1 amide bonds. The lowest BCUT2D eigenvalue weighted by Gasteiger charge is -2.11. The van der Waals surface area contributed by atoms with Crippen molar-refractivity contribution in [2.45, 2.75) is 19.4 Å². The molecule has 0 aliphatic carbocycles. The Morgan fingerprint density at radius 3 is 2.83 bits per heavy atom. The van der Waals surface area contributed by atoms with Gasteiger partial charge in [0.05, 0.1) is 5.69 Å². The first-order chi connectivity index (χ1) is 14.1. The lowest BCUT2D eigenvalue weighted by molar-refractivity contribution is -0.117. The van der Waals surface area contributed by atoms with Crippen molar-refractivity contribution in [2.75, 3.05) is 23.3 Å². The zero-order valence-electron chi connectivity index (χ0n) is 15.2. The van der Waals surface area contributed by atoms with E-state index >= 15 is 0 Å². The van der Waals surface area contributed by atoms with Gasteiger partial charge in [-0.15, -0.1) is 5.10 Å². The summed E-state index contributed by atoms with van der Waals surface area (Å²) in [5.74, 6) is -0.339. The van der Waals surface area contributed by atoms with Gasteiger partial charge in [0.2, 0.25) is 5.91 Å². The van der Waals surface area contributed by atoms with Crippen LogP contribution in [0.1, 0.15) is 12.8 Å². The van der Waals surface area contributed by atoms with Gasteiger partial charge in [-0.2, -0.15) is 4.98 Å². The Balaban J connectivity index is 1.47. The summed E-state index contributed by atoms with van der Waals surface area (Å²) in [4.78, 5) is 36.3. The number of anilines is 2. The van der Waals surface area contributed by atoms with Crippen molar-refractivity contribution in [3.63, 3.8) is 0 Å². The van der Waals surface area contributed by atoms with Crippen LogP contribution in [0.5, 0.6) is 0 Å². The molecule has 11 heteroatoms. The number of para-hydroxylation sites is 1. The molecule has 0 bridgehead atoms. The number of carbonyl (C=O) groups excluding carboxylic acids is 1. The SMILES string of the molecule is O=C(Cn1nc2c3sc(N4CCCC4)nc3ncn2c1=O)Nc1ccccc1Br. The third-order valence-electron chi connectivity index (χ3n) is 4.78. The van der Waals surface area contributed by atoms with Crippen LogP contribution in [0.4, 0.5) is 10.8 Å². The Morgan fingerprint density at radius 1 is 1.24 bits per heavy atom. The van der Waals surface area contributed by atoms with Crippen molar-refractivity contribution in [3.05, 3.63) is 45.5 Å². The first-order valence-electron chi connectivity index (χ1n) is 9.14. The highest BCUT2D eigenvalue weighted by Gasteiger charge is 2.20. The quantitative estimate of drug-likeness (QED) is 0.488. The maximum absolute atomic E-state index is 12.7. The zero-order chi connectivity index (χ0) is 20.0. The second kappa shape index (κ2) is 7.23.